The third kappa shape index (κ3) is 10.7. The highest BCUT2D eigenvalue weighted by atomic mass is 35.5. The van der Waals surface area contributed by atoms with Crippen molar-refractivity contribution in [1.82, 2.24) is 0 Å². The number of halogens is 1. The Morgan fingerprint density at radius 2 is 1.07 bits per heavy atom. The third-order valence-corrected chi connectivity index (χ3v) is 9.96. The molecule has 0 aromatic heterocycles. The van der Waals surface area contributed by atoms with E-state index >= 15 is 0 Å². The highest BCUT2D eigenvalue weighted by molar-refractivity contribution is 6.32. The molecule has 0 saturated carbocycles. The van der Waals surface area contributed by atoms with Crippen molar-refractivity contribution in [2.45, 2.75) is 63.6 Å². The van der Waals surface area contributed by atoms with Gasteiger partial charge in [0.2, 0.25) is 5.79 Å². The van der Waals surface area contributed by atoms with E-state index in [4.69, 9.17) is 44.8 Å². The first-order chi connectivity index (χ1) is 28.0. The Kier molecular flexibility index (Phi) is 14.0. The molecule has 0 spiro atoms. The van der Waals surface area contributed by atoms with Crippen molar-refractivity contribution in [1.29, 1.82) is 0 Å². The zero-order valence-electron chi connectivity index (χ0n) is 31.8. The summed E-state index contributed by atoms with van der Waals surface area (Å²) in [4.78, 5) is 0. The molecule has 1 N–H and O–H groups in total. The Morgan fingerprint density at radius 3 is 1.61 bits per heavy atom. The van der Waals surface area contributed by atoms with Crippen molar-refractivity contribution < 1.29 is 38.3 Å². The van der Waals surface area contributed by atoms with E-state index in [2.05, 4.69) is 0 Å². The molecule has 8 nitrogen and oxygen atoms in total. The van der Waals surface area contributed by atoms with Crippen LogP contribution in [0.3, 0.4) is 0 Å². The lowest BCUT2D eigenvalue weighted by Crippen LogP contribution is -2.65. The summed E-state index contributed by atoms with van der Waals surface area (Å²) in [6.45, 7) is 3.53. The van der Waals surface area contributed by atoms with Crippen molar-refractivity contribution >= 4 is 11.6 Å². The van der Waals surface area contributed by atoms with Crippen LogP contribution in [0.1, 0.15) is 34.7 Å². The molecule has 6 aromatic rings. The van der Waals surface area contributed by atoms with E-state index in [0.717, 1.165) is 28.0 Å². The number of aliphatic hydroxyl groups is 1. The smallest absolute Gasteiger partial charge is 0.222 e. The molecule has 0 amide bonds. The van der Waals surface area contributed by atoms with E-state index in [0.29, 0.717) is 35.3 Å². The molecule has 1 fully saturated rings. The SMILES string of the molecule is CCOc1ccc(Oc2cc([C@@]3(O)O[C@H](COCc4ccccc4)[C@@H](OCc4ccccc4)[C@H](OCc4ccccc4)[C@H]3OCc3ccccc3)ccc2Cl)cc1. The zero-order chi connectivity index (χ0) is 39.3. The first-order valence-corrected chi connectivity index (χ1v) is 19.6. The van der Waals surface area contributed by atoms with Crippen molar-refractivity contribution in [3.05, 3.63) is 197 Å². The molecule has 1 aliphatic rings. The van der Waals surface area contributed by atoms with Crippen LogP contribution in [0.5, 0.6) is 17.2 Å². The van der Waals surface area contributed by atoms with Crippen LogP contribution in [0.4, 0.5) is 0 Å². The normalized spacial score (nSPS) is 20.5. The van der Waals surface area contributed by atoms with Gasteiger partial charge in [-0.15, -0.1) is 0 Å². The van der Waals surface area contributed by atoms with Gasteiger partial charge in [-0.3, -0.25) is 0 Å². The molecule has 6 aromatic carbocycles. The lowest BCUT2D eigenvalue weighted by Gasteiger charge is -2.50. The van der Waals surface area contributed by atoms with Gasteiger partial charge >= 0.3 is 0 Å². The van der Waals surface area contributed by atoms with Crippen molar-refractivity contribution in [3.63, 3.8) is 0 Å². The van der Waals surface area contributed by atoms with Gasteiger partial charge in [-0.1, -0.05) is 139 Å². The minimum atomic E-state index is -2.09. The Morgan fingerprint density at radius 1 is 0.579 bits per heavy atom. The fourth-order valence-corrected chi connectivity index (χ4v) is 6.94. The summed E-state index contributed by atoms with van der Waals surface area (Å²) in [5.41, 5.74) is 4.19. The number of hydrogen-bond donors (Lipinski definition) is 1. The Labute approximate surface area is 339 Å². The Bertz CT molecular complexity index is 2090. The monoisotopic (exact) mass is 786 g/mol. The van der Waals surface area contributed by atoms with Crippen molar-refractivity contribution in [2.24, 2.45) is 0 Å². The summed E-state index contributed by atoms with van der Waals surface area (Å²) in [6, 6.07) is 51.8. The number of hydrogen-bond acceptors (Lipinski definition) is 8. The summed E-state index contributed by atoms with van der Waals surface area (Å²) >= 11 is 6.75. The Hall–Kier alpha value is -5.03. The van der Waals surface area contributed by atoms with E-state index < -0.39 is 30.2 Å². The van der Waals surface area contributed by atoms with Gasteiger partial charge in [0, 0.05) is 5.56 Å². The van der Waals surface area contributed by atoms with Gasteiger partial charge in [0.25, 0.3) is 0 Å². The zero-order valence-corrected chi connectivity index (χ0v) is 32.6. The molecular formula is C48H47ClO8. The van der Waals surface area contributed by atoms with E-state index in [9.17, 15) is 5.11 Å². The van der Waals surface area contributed by atoms with Gasteiger partial charge in [-0.05, 0) is 65.6 Å². The van der Waals surface area contributed by atoms with Crippen molar-refractivity contribution in [3.8, 4) is 17.2 Å². The lowest BCUT2D eigenvalue weighted by molar-refractivity contribution is -0.378. The third-order valence-electron chi connectivity index (χ3n) is 9.65. The van der Waals surface area contributed by atoms with Gasteiger partial charge in [-0.2, -0.15) is 0 Å². The fourth-order valence-electron chi connectivity index (χ4n) is 6.79. The minimum absolute atomic E-state index is 0.0798. The predicted octanol–water partition coefficient (Wildman–Crippen LogP) is 10.0. The largest absolute Gasteiger partial charge is 0.494 e. The standard InChI is InChI=1S/C48H47ClO8/c1-2-52-40-24-26-41(27-25-40)56-43-29-39(23-28-42(43)49)48(50)47(55-33-38-21-13-6-14-22-38)46(54-32-37-19-11-5-12-20-37)45(53-31-36-17-9-4-10-18-36)44(57-48)34-51-30-35-15-7-3-8-16-35/h3-29,44-47,50H,2,30-34H2,1H3/t44-,45-,46+,47-,48-/m1/s1. The molecule has 1 heterocycles. The topological polar surface area (TPSA) is 84.8 Å². The predicted molar refractivity (Wildman–Crippen MR) is 219 cm³/mol. The molecule has 9 heteroatoms. The van der Waals surface area contributed by atoms with Gasteiger partial charge in [0.05, 0.1) is 44.7 Å². The van der Waals surface area contributed by atoms with Crippen LogP contribution in [0.25, 0.3) is 0 Å². The molecule has 0 radical (unpaired) electrons. The molecule has 0 bridgehead atoms. The molecule has 0 unspecified atom stereocenters. The summed E-state index contributed by atoms with van der Waals surface area (Å²) in [5, 5.41) is 13.5. The van der Waals surface area contributed by atoms with E-state index in [1.165, 1.54) is 0 Å². The first-order valence-electron chi connectivity index (χ1n) is 19.2. The van der Waals surface area contributed by atoms with Crippen LogP contribution in [0, 0.1) is 0 Å². The molecule has 1 aliphatic heterocycles. The van der Waals surface area contributed by atoms with Gasteiger partial charge in [-0.25, -0.2) is 0 Å². The summed E-state index contributed by atoms with van der Waals surface area (Å²) in [5.74, 6) is -0.515. The second-order valence-corrected chi connectivity index (χ2v) is 14.2. The van der Waals surface area contributed by atoms with Crippen LogP contribution < -0.4 is 9.47 Å². The molecule has 294 valence electrons. The number of rotatable bonds is 18. The van der Waals surface area contributed by atoms with Gasteiger partial charge in [0.1, 0.15) is 41.7 Å². The Balaban J connectivity index is 1.28. The molecular weight excluding hydrogens is 740 g/mol. The van der Waals surface area contributed by atoms with Gasteiger partial charge in [0.15, 0.2) is 0 Å². The minimum Gasteiger partial charge on any atom is -0.494 e. The van der Waals surface area contributed by atoms with E-state index in [1.807, 2.05) is 140 Å². The van der Waals surface area contributed by atoms with Crippen LogP contribution >= 0.6 is 11.6 Å². The van der Waals surface area contributed by atoms with Crippen LogP contribution in [0.2, 0.25) is 5.02 Å². The quantitative estimate of drug-likeness (QED) is 0.0922. The lowest BCUT2D eigenvalue weighted by atomic mass is 9.87. The van der Waals surface area contributed by atoms with Gasteiger partial charge < -0.3 is 38.3 Å². The summed E-state index contributed by atoms with van der Waals surface area (Å²) in [7, 11) is 0. The van der Waals surface area contributed by atoms with Crippen LogP contribution in [-0.4, -0.2) is 42.7 Å². The molecule has 7 rings (SSSR count). The summed E-state index contributed by atoms with van der Waals surface area (Å²) < 4.78 is 45.5. The maximum atomic E-state index is 13.2. The summed E-state index contributed by atoms with van der Waals surface area (Å²) in [6.07, 6.45) is -3.51. The van der Waals surface area contributed by atoms with Crippen LogP contribution in [0.15, 0.2) is 164 Å². The second-order valence-electron chi connectivity index (χ2n) is 13.7. The number of benzene rings is 6. The van der Waals surface area contributed by atoms with Crippen LogP contribution in [-0.2, 0) is 55.9 Å². The molecule has 1 saturated heterocycles. The van der Waals surface area contributed by atoms with E-state index in [-0.39, 0.29) is 26.4 Å². The van der Waals surface area contributed by atoms with Crippen molar-refractivity contribution in [2.75, 3.05) is 13.2 Å². The highest BCUT2D eigenvalue weighted by Gasteiger charge is 2.57. The second kappa shape index (κ2) is 19.9. The maximum absolute atomic E-state index is 13.2. The molecule has 0 aliphatic carbocycles. The average Bonchev–Trinajstić information content (AvgIpc) is 3.25. The first kappa shape index (κ1) is 40.2. The highest BCUT2D eigenvalue weighted by Crippen LogP contribution is 2.44. The van der Waals surface area contributed by atoms with E-state index in [1.54, 1.807) is 30.3 Å². The molecule has 57 heavy (non-hydrogen) atoms. The molecule has 5 atom stereocenters. The fraction of sp³-hybridized carbons (Fsp3) is 0.250. The maximum Gasteiger partial charge on any atom is 0.222 e. The average molecular weight is 787 g/mol. The number of ether oxygens (including phenoxy) is 7.